The zero-order valence-electron chi connectivity index (χ0n) is 19.5. The lowest BCUT2D eigenvalue weighted by Crippen LogP contribution is -2.42. The number of benzene rings is 2. The van der Waals surface area contributed by atoms with Crippen LogP contribution in [-0.2, 0) is 23.7 Å². The molecule has 3 heterocycles. The first kappa shape index (κ1) is 24.3. The lowest BCUT2D eigenvalue weighted by atomic mass is 10.1. The third-order valence-electron chi connectivity index (χ3n) is 6.42. The van der Waals surface area contributed by atoms with Crippen molar-refractivity contribution in [2.24, 2.45) is 0 Å². The van der Waals surface area contributed by atoms with Gasteiger partial charge in [-0.3, -0.25) is 14.2 Å². The van der Waals surface area contributed by atoms with Crippen LogP contribution in [0.5, 0.6) is 0 Å². The van der Waals surface area contributed by atoms with Gasteiger partial charge in [0.2, 0.25) is 11.4 Å². The van der Waals surface area contributed by atoms with E-state index >= 15 is 8.78 Å². The second-order valence-electron chi connectivity index (χ2n) is 8.77. The average Bonchev–Trinajstić information content (AvgIpc) is 3.33. The molecule has 190 valence electrons. The Morgan fingerprint density at radius 1 is 1.14 bits per heavy atom. The van der Waals surface area contributed by atoms with Crippen molar-refractivity contribution in [3.8, 4) is 0 Å². The number of nitrogens with one attached hydrogen (secondary N) is 2. The van der Waals surface area contributed by atoms with Crippen molar-refractivity contribution >= 4 is 22.6 Å². The number of rotatable bonds is 7. The van der Waals surface area contributed by atoms with Crippen molar-refractivity contribution in [1.82, 2.24) is 14.9 Å². The summed E-state index contributed by atoms with van der Waals surface area (Å²) in [7, 11) is 0. The van der Waals surface area contributed by atoms with E-state index in [1.807, 2.05) is 0 Å². The van der Waals surface area contributed by atoms with Crippen molar-refractivity contribution in [1.29, 1.82) is 0 Å². The Morgan fingerprint density at radius 3 is 2.70 bits per heavy atom. The summed E-state index contributed by atoms with van der Waals surface area (Å²) in [4.78, 5) is 29.9. The highest BCUT2D eigenvalue weighted by Crippen LogP contribution is 2.28. The molecule has 1 unspecified atom stereocenters. The molecule has 2 aromatic heterocycles. The standard InChI is InChI=1S/C26H22F3N5O3/c27-19-7-3-1-6-17(19)13-31-24(35)21-11-10-18-14-30-23(25(36)33(18)21)32-15-26(28,29)22-12-9-16-5-2-4-8-20(16)34(22)37/h1-9,12,14,21H,10-11,13,15H2,(H,30,32)(H,31,35). The number of anilines is 1. The van der Waals surface area contributed by atoms with Crippen LogP contribution in [0.4, 0.5) is 19.0 Å². The number of alkyl halides is 2. The molecule has 8 nitrogen and oxygen atoms in total. The van der Waals surface area contributed by atoms with Crippen molar-refractivity contribution < 1.29 is 22.7 Å². The number of hydrogen-bond donors (Lipinski definition) is 2. The highest BCUT2D eigenvalue weighted by molar-refractivity contribution is 5.81. The SMILES string of the molecule is O=C(NCc1ccccc1F)C1CCc2cnc(NCC(F)(F)c3ccc4ccccc4[n+]3[O-])c(=O)n21. The number of nitrogens with zero attached hydrogens (tertiary/aromatic N) is 3. The minimum Gasteiger partial charge on any atom is -0.618 e. The summed E-state index contributed by atoms with van der Waals surface area (Å²) in [5.41, 5.74) is -0.624. The number of amides is 1. The fourth-order valence-corrected chi connectivity index (χ4v) is 4.49. The topological polar surface area (TPSA) is 103 Å². The van der Waals surface area contributed by atoms with Crippen molar-refractivity contribution in [3.05, 3.63) is 105 Å². The normalized spacial score (nSPS) is 14.9. The minimum absolute atomic E-state index is 0.0601. The van der Waals surface area contributed by atoms with Gasteiger partial charge < -0.3 is 15.8 Å². The molecule has 1 atom stereocenters. The molecule has 11 heteroatoms. The summed E-state index contributed by atoms with van der Waals surface area (Å²) in [5.74, 6) is -4.94. The first-order valence-electron chi connectivity index (χ1n) is 11.6. The molecule has 2 N–H and O–H groups in total. The monoisotopic (exact) mass is 509 g/mol. The number of aryl methyl sites for hydroxylation is 1. The maximum atomic E-state index is 15.0. The predicted octanol–water partition coefficient (Wildman–Crippen LogP) is 3.18. The molecule has 1 amide bonds. The molecule has 0 bridgehead atoms. The Hall–Kier alpha value is -4.41. The number of para-hydroxylation sites is 1. The third-order valence-corrected chi connectivity index (χ3v) is 6.42. The third kappa shape index (κ3) is 4.59. The molecule has 37 heavy (non-hydrogen) atoms. The second kappa shape index (κ2) is 9.57. The Bertz CT molecular complexity index is 1560. The summed E-state index contributed by atoms with van der Waals surface area (Å²) < 4.78 is 45.3. The quantitative estimate of drug-likeness (QED) is 0.294. The number of pyridine rings is 1. The van der Waals surface area contributed by atoms with E-state index < -0.39 is 41.5 Å². The Labute approximate surface area is 209 Å². The Morgan fingerprint density at radius 2 is 1.89 bits per heavy atom. The fourth-order valence-electron chi connectivity index (χ4n) is 4.49. The first-order chi connectivity index (χ1) is 17.8. The summed E-state index contributed by atoms with van der Waals surface area (Å²) >= 11 is 0. The van der Waals surface area contributed by atoms with Gasteiger partial charge in [-0.1, -0.05) is 30.3 Å². The van der Waals surface area contributed by atoms with E-state index in [1.54, 1.807) is 24.3 Å². The van der Waals surface area contributed by atoms with Gasteiger partial charge in [-0.2, -0.15) is 13.5 Å². The van der Waals surface area contributed by atoms with Crippen molar-refractivity contribution in [2.45, 2.75) is 31.4 Å². The Kier molecular flexibility index (Phi) is 6.28. The van der Waals surface area contributed by atoms with Crippen LogP contribution in [0.15, 0.2) is 71.7 Å². The molecule has 0 fully saturated rings. The van der Waals surface area contributed by atoms with Crippen molar-refractivity contribution in [3.63, 3.8) is 0 Å². The van der Waals surface area contributed by atoms with E-state index in [4.69, 9.17) is 0 Å². The molecule has 4 aromatic rings. The molecule has 0 spiro atoms. The largest absolute Gasteiger partial charge is 0.618 e. The summed E-state index contributed by atoms with van der Waals surface area (Å²) in [6, 6.07) is 14.0. The molecule has 0 radical (unpaired) electrons. The summed E-state index contributed by atoms with van der Waals surface area (Å²) in [6.45, 7) is -1.12. The molecule has 0 saturated heterocycles. The molecule has 1 aliphatic rings. The molecular formula is C26H22F3N5O3. The molecular weight excluding hydrogens is 487 g/mol. The molecule has 5 rings (SSSR count). The fraction of sp³-hybridized carbons (Fsp3) is 0.231. The van der Waals surface area contributed by atoms with Crippen LogP contribution in [0.25, 0.3) is 10.9 Å². The van der Waals surface area contributed by atoms with E-state index in [9.17, 15) is 19.2 Å². The van der Waals surface area contributed by atoms with Gasteiger partial charge in [0.15, 0.2) is 5.82 Å². The number of fused-ring (bicyclic) bond motifs is 2. The van der Waals surface area contributed by atoms with Gasteiger partial charge in [0.1, 0.15) is 11.9 Å². The van der Waals surface area contributed by atoms with Gasteiger partial charge in [0.05, 0.1) is 6.54 Å². The van der Waals surface area contributed by atoms with E-state index in [1.165, 1.54) is 41.1 Å². The average molecular weight is 509 g/mol. The molecule has 2 aromatic carbocycles. The van der Waals surface area contributed by atoms with E-state index in [0.29, 0.717) is 29.5 Å². The first-order valence-corrected chi connectivity index (χ1v) is 11.6. The number of aromatic nitrogens is 3. The lowest BCUT2D eigenvalue weighted by molar-refractivity contribution is -0.597. The maximum absolute atomic E-state index is 15.0. The lowest BCUT2D eigenvalue weighted by Gasteiger charge is -2.19. The van der Waals surface area contributed by atoms with E-state index in [2.05, 4.69) is 15.6 Å². The predicted molar refractivity (Wildman–Crippen MR) is 129 cm³/mol. The number of carbonyl (C=O) groups excluding carboxylic acids is 1. The summed E-state index contributed by atoms with van der Waals surface area (Å²) in [6.07, 6.45) is 2.06. The van der Waals surface area contributed by atoms with Crippen LogP contribution in [-0.4, -0.2) is 22.0 Å². The van der Waals surface area contributed by atoms with E-state index in [-0.39, 0.29) is 22.6 Å². The summed E-state index contributed by atoms with van der Waals surface area (Å²) in [5, 5.41) is 18.1. The Balaban J connectivity index is 1.33. The molecule has 0 aliphatic carbocycles. The van der Waals surface area contributed by atoms with Crippen LogP contribution in [0.1, 0.15) is 29.4 Å². The van der Waals surface area contributed by atoms with Crippen LogP contribution in [0.3, 0.4) is 0 Å². The second-order valence-corrected chi connectivity index (χ2v) is 8.77. The van der Waals surface area contributed by atoms with Gasteiger partial charge >= 0.3 is 5.92 Å². The number of hydrogen-bond acceptors (Lipinski definition) is 5. The molecule has 0 saturated carbocycles. The maximum Gasteiger partial charge on any atom is 0.347 e. The highest BCUT2D eigenvalue weighted by Gasteiger charge is 2.40. The zero-order valence-corrected chi connectivity index (χ0v) is 19.5. The van der Waals surface area contributed by atoms with Gasteiger partial charge in [-0.15, -0.1) is 0 Å². The van der Waals surface area contributed by atoms with Crippen molar-refractivity contribution in [2.75, 3.05) is 11.9 Å². The smallest absolute Gasteiger partial charge is 0.347 e. The van der Waals surface area contributed by atoms with Gasteiger partial charge in [-0.25, -0.2) is 9.37 Å². The number of halogens is 3. The number of carbonyl (C=O) groups is 1. The van der Waals surface area contributed by atoms with Crippen LogP contribution in [0.2, 0.25) is 0 Å². The highest BCUT2D eigenvalue weighted by atomic mass is 19.3. The van der Waals surface area contributed by atoms with Crippen LogP contribution in [0, 0.1) is 11.0 Å². The van der Waals surface area contributed by atoms with Gasteiger partial charge in [0.25, 0.3) is 11.3 Å². The van der Waals surface area contributed by atoms with Crippen LogP contribution < -0.4 is 20.9 Å². The van der Waals surface area contributed by atoms with Crippen LogP contribution >= 0.6 is 0 Å². The van der Waals surface area contributed by atoms with Gasteiger partial charge in [-0.05, 0) is 31.0 Å². The minimum atomic E-state index is -3.62. The molecule has 1 aliphatic heterocycles. The van der Waals surface area contributed by atoms with E-state index in [0.717, 1.165) is 6.07 Å². The van der Waals surface area contributed by atoms with Gasteiger partial charge in [0, 0.05) is 41.5 Å². The zero-order chi connectivity index (χ0) is 26.2.